The lowest BCUT2D eigenvalue weighted by molar-refractivity contribution is 0.159. The normalized spacial score (nSPS) is 17.9. The van der Waals surface area contributed by atoms with Gasteiger partial charge in [0.25, 0.3) is 0 Å². The Balaban J connectivity index is 0.00000364. The number of benzene rings is 1. The number of aliphatic imine (C=N–C) groups is 1. The quantitative estimate of drug-likeness (QED) is 0.226. The van der Waals surface area contributed by atoms with E-state index in [2.05, 4.69) is 34.4 Å². The molecule has 3 N–H and O–H groups in total. The maximum absolute atomic E-state index is 10.2. The van der Waals surface area contributed by atoms with Gasteiger partial charge >= 0.3 is 0 Å². The second-order valence-electron chi connectivity index (χ2n) is 6.82. The number of nitrogens with zero attached hydrogens (tertiary/aromatic N) is 2. The molecule has 27 heavy (non-hydrogen) atoms. The Morgan fingerprint density at radius 1 is 1.33 bits per heavy atom. The van der Waals surface area contributed by atoms with Crippen LogP contribution in [0.1, 0.15) is 45.1 Å². The molecule has 0 amide bonds. The molecule has 0 radical (unpaired) electrons. The second-order valence-corrected chi connectivity index (χ2v) is 6.82. The van der Waals surface area contributed by atoms with Gasteiger partial charge < -0.3 is 25.4 Å². The molecule has 1 aliphatic heterocycles. The maximum Gasteiger partial charge on any atom is 0.191 e. The molecule has 2 rings (SSSR count). The molecule has 0 bridgehead atoms. The molecule has 1 atom stereocenters. The highest BCUT2D eigenvalue weighted by Gasteiger charge is 2.17. The fourth-order valence-corrected chi connectivity index (χ4v) is 3.34. The number of rotatable bonds is 8. The summed E-state index contributed by atoms with van der Waals surface area (Å²) in [5.41, 5.74) is 0.753. The fourth-order valence-electron chi connectivity index (χ4n) is 3.34. The summed E-state index contributed by atoms with van der Waals surface area (Å²) in [7, 11) is 1.55. The van der Waals surface area contributed by atoms with Crippen molar-refractivity contribution in [2.24, 2.45) is 4.99 Å². The molecule has 0 spiro atoms. The van der Waals surface area contributed by atoms with E-state index in [1.54, 1.807) is 13.2 Å². The second kappa shape index (κ2) is 13.0. The van der Waals surface area contributed by atoms with Crippen LogP contribution in [0, 0.1) is 0 Å². The number of halogens is 1. The minimum atomic E-state index is 0. The van der Waals surface area contributed by atoms with Crippen LogP contribution in [0.25, 0.3) is 0 Å². The molecule has 1 heterocycles. The molecule has 0 aromatic heterocycles. The maximum atomic E-state index is 10.2. The van der Waals surface area contributed by atoms with Crippen molar-refractivity contribution in [1.82, 2.24) is 15.5 Å². The topological polar surface area (TPSA) is 69.1 Å². The van der Waals surface area contributed by atoms with Gasteiger partial charge in [0.15, 0.2) is 17.5 Å². The van der Waals surface area contributed by atoms with Gasteiger partial charge in [-0.1, -0.05) is 18.6 Å². The lowest BCUT2D eigenvalue weighted by Gasteiger charge is -2.33. The third-order valence-electron chi connectivity index (χ3n) is 4.91. The van der Waals surface area contributed by atoms with Gasteiger partial charge in [0.05, 0.1) is 13.7 Å². The monoisotopic (exact) mass is 490 g/mol. The van der Waals surface area contributed by atoms with Crippen molar-refractivity contribution in [3.63, 3.8) is 0 Å². The lowest BCUT2D eigenvalue weighted by atomic mass is 10.0. The molecule has 1 saturated heterocycles. The number of phenols is 1. The van der Waals surface area contributed by atoms with E-state index in [1.807, 2.05) is 12.1 Å². The van der Waals surface area contributed by atoms with Gasteiger partial charge in [-0.15, -0.1) is 24.0 Å². The number of ether oxygens (including phenoxy) is 1. The van der Waals surface area contributed by atoms with Crippen molar-refractivity contribution < 1.29 is 9.84 Å². The van der Waals surface area contributed by atoms with Gasteiger partial charge in [-0.05, 0) is 45.7 Å². The van der Waals surface area contributed by atoms with Crippen molar-refractivity contribution >= 4 is 29.9 Å². The average Bonchev–Trinajstić information content (AvgIpc) is 2.65. The summed E-state index contributed by atoms with van der Waals surface area (Å²) in [4.78, 5) is 7.17. The standard InChI is InChI=1S/C20H34N4O2.HI/c1-4-21-20(22-12-8-14-24-13-6-5-9-16(24)2)23-15-17-10-7-11-18(26-3)19(17)25;/h7,10-11,16,25H,4-6,8-9,12-15H2,1-3H3,(H2,21,22,23);1H. The number of likely N-dealkylation sites (tertiary alicyclic amines) is 1. The van der Waals surface area contributed by atoms with Gasteiger partial charge in [-0.3, -0.25) is 0 Å². The summed E-state index contributed by atoms with van der Waals surface area (Å²) < 4.78 is 5.15. The Morgan fingerprint density at radius 3 is 2.85 bits per heavy atom. The third-order valence-corrected chi connectivity index (χ3v) is 4.91. The number of hydrogen-bond acceptors (Lipinski definition) is 4. The number of guanidine groups is 1. The third kappa shape index (κ3) is 7.73. The van der Waals surface area contributed by atoms with Crippen molar-refractivity contribution in [2.75, 3.05) is 33.3 Å². The predicted octanol–water partition coefficient (Wildman–Crippen LogP) is 3.34. The lowest BCUT2D eigenvalue weighted by Crippen LogP contribution is -2.41. The van der Waals surface area contributed by atoms with Crippen LogP contribution in [-0.4, -0.2) is 55.3 Å². The number of para-hydroxylation sites is 1. The van der Waals surface area contributed by atoms with Crippen molar-refractivity contribution in [3.8, 4) is 11.5 Å². The highest BCUT2D eigenvalue weighted by Crippen LogP contribution is 2.29. The molecule has 1 fully saturated rings. The van der Waals surface area contributed by atoms with Crippen LogP contribution in [0.5, 0.6) is 11.5 Å². The number of methoxy groups -OCH3 is 1. The van der Waals surface area contributed by atoms with Crippen LogP contribution < -0.4 is 15.4 Å². The van der Waals surface area contributed by atoms with Gasteiger partial charge in [-0.2, -0.15) is 0 Å². The van der Waals surface area contributed by atoms with E-state index < -0.39 is 0 Å². The Hall–Kier alpha value is -1.22. The van der Waals surface area contributed by atoms with Crippen LogP contribution in [-0.2, 0) is 6.54 Å². The zero-order valence-electron chi connectivity index (χ0n) is 16.8. The first-order chi connectivity index (χ1) is 12.7. The van der Waals surface area contributed by atoms with E-state index in [-0.39, 0.29) is 29.7 Å². The van der Waals surface area contributed by atoms with Crippen LogP contribution in [0.3, 0.4) is 0 Å². The summed E-state index contributed by atoms with van der Waals surface area (Å²) >= 11 is 0. The zero-order chi connectivity index (χ0) is 18.8. The van der Waals surface area contributed by atoms with E-state index >= 15 is 0 Å². The average molecular weight is 490 g/mol. The fraction of sp³-hybridized carbons (Fsp3) is 0.650. The van der Waals surface area contributed by atoms with Crippen LogP contribution in [0.15, 0.2) is 23.2 Å². The number of phenolic OH excluding ortho intramolecular Hbond substituents is 1. The first-order valence-corrected chi connectivity index (χ1v) is 9.76. The molecule has 1 unspecified atom stereocenters. The summed E-state index contributed by atoms with van der Waals surface area (Å²) in [6.45, 7) is 8.84. The van der Waals surface area contributed by atoms with E-state index in [0.29, 0.717) is 18.3 Å². The molecule has 7 heteroatoms. The van der Waals surface area contributed by atoms with Crippen LogP contribution in [0.2, 0.25) is 0 Å². The first kappa shape index (κ1) is 23.8. The predicted molar refractivity (Wildman–Crippen MR) is 122 cm³/mol. The Kier molecular flexibility index (Phi) is 11.5. The minimum Gasteiger partial charge on any atom is -0.504 e. The number of nitrogens with one attached hydrogen (secondary N) is 2. The molecular formula is C20H35IN4O2. The van der Waals surface area contributed by atoms with Gasteiger partial charge in [0.1, 0.15) is 0 Å². The van der Waals surface area contributed by atoms with Crippen molar-refractivity contribution in [2.45, 2.75) is 52.1 Å². The van der Waals surface area contributed by atoms with Gasteiger partial charge in [-0.25, -0.2) is 4.99 Å². The molecule has 0 aliphatic carbocycles. The number of piperidine rings is 1. The smallest absolute Gasteiger partial charge is 0.191 e. The molecule has 154 valence electrons. The Labute approximate surface area is 180 Å². The molecule has 1 aliphatic rings. The highest BCUT2D eigenvalue weighted by molar-refractivity contribution is 14.0. The van der Waals surface area contributed by atoms with Crippen LogP contribution in [0.4, 0.5) is 0 Å². The summed E-state index contributed by atoms with van der Waals surface area (Å²) in [6.07, 6.45) is 5.11. The van der Waals surface area contributed by atoms with E-state index in [1.165, 1.54) is 25.8 Å². The molecule has 1 aromatic carbocycles. The largest absolute Gasteiger partial charge is 0.504 e. The Bertz CT molecular complexity index is 583. The molecular weight excluding hydrogens is 455 g/mol. The first-order valence-electron chi connectivity index (χ1n) is 9.76. The number of aromatic hydroxyl groups is 1. The molecule has 1 aromatic rings. The molecule has 6 nitrogen and oxygen atoms in total. The number of hydrogen-bond donors (Lipinski definition) is 3. The van der Waals surface area contributed by atoms with Crippen molar-refractivity contribution in [3.05, 3.63) is 23.8 Å². The minimum absolute atomic E-state index is 0. The highest BCUT2D eigenvalue weighted by atomic mass is 127. The summed E-state index contributed by atoms with van der Waals surface area (Å²) in [6, 6.07) is 6.18. The van der Waals surface area contributed by atoms with Crippen LogP contribution >= 0.6 is 24.0 Å². The molecule has 0 saturated carbocycles. The summed E-state index contributed by atoms with van der Waals surface area (Å²) in [5.74, 6) is 1.42. The van der Waals surface area contributed by atoms with Crippen molar-refractivity contribution in [1.29, 1.82) is 0 Å². The SMILES string of the molecule is CCNC(=NCc1cccc(OC)c1O)NCCCN1CCCCC1C.I. The summed E-state index contributed by atoms with van der Waals surface area (Å²) in [5, 5.41) is 16.8. The van der Waals surface area contributed by atoms with Gasteiger partial charge in [0.2, 0.25) is 0 Å². The van der Waals surface area contributed by atoms with E-state index in [4.69, 9.17) is 4.74 Å². The van der Waals surface area contributed by atoms with E-state index in [9.17, 15) is 5.11 Å². The van der Waals surface area contributed by atoms with E-state index in [0.717, 1.165) is 37.6 Å². The zero-order valence-corrected chi connectivity index (χ0v) is 19.2. The Morgan fingerprint density at radius 2 is 2.15 bits per heavy atom. The van der Waals surface area contributed by atoms with Gasteiger partial charge in [0, 0.05) is 31.2 Å².